The molecular formula is C18H21ClN2O3S3. The quantitative estimate of drug-likeness (QED) is 0.658. The summed E-state index contributed by atoms with van der Waals surface area (Å²) in [6.45, 7) is 1.15. The number of nitrogens with zero attached hydrogens (tertiary/aromatic N) is 1. The molecule has 1 aliphatic heterocycles. The number of nitrogens with one attached hydrogen (secondary N) is 1. The van der Waals surface area contributed by atoms with Crippen molar-refractivity contribution in [2.45, 2.75) is 34.4 Å². The van der Waals surface area contributed by atoms with E-state index in [0.29, 0.717) is 47.3 Å². The smallest absolute Gasteiger partial charge is 0.250 e. The van der Waals surface area contributed by atoms with Crippen LogP contribution in [0, 0.1) is 0 Å². The van der Waals surface area contributed by atoms with Crippen molar-refractivity contribution in [3.05, 3.63) is 46.8 Å². The van der Waals surface area contributed by atoms with Crippen molar-refractivity contribution in [1.82, 2.24) is 9.62 Å². The largest absolute Gasteiger partial charge is 0.343 e. The number of sulfonamides is 1. The maximum absolute atomic E-state index is 12.4. The van der Waals surface area contributed by atoms with Gasteiger partial charge in [-0.2, -0.15) is 0 Å². The number of hydrogen-bond acceptors (Lipinski definition) is 5. The highest BCUT2D eigenvalue weighted by atomic mass is 35.5. The third kappa shape index (κ3) is 5.71. The van der Waals surface area contributed by atoms with E-state index in [9.17, 15) is 13.2 Å². The van der Waals surface area contributed by atoms with E-state index in [1.165, 1.54) is 11.3 Å². The average molecular weight is 445 g/mol. The van der Waals surface area contributed by atoms with Crippen LogP contribution in [-0.4, -0.2) is 44.1 Å². The second kappa shape index (κ2) is 9.43. The molecule has 0 saturated carbocycles. The van der Waals surface area contributed by atoms with Gasteiger partial charge in [0.05, 0.1) is 5.02 Å². The summed E-state index contributed by atoms with van der Waals surface area (Å²) in [6, 6.07) is 10.8. The lowest BCUT2D eigenvalue weighted by Gasteiger charge is -2.32. The lowest BCUT2D eigenvalue weighted by atomic mass is 10.1. The summed E-state index contributed by atoms with van der Waals surface area (Å²) in [5, 5.41) is 2.45. The number of halogens is 1. The summed E-state index contributed by atoms with van der Waals surface area (Å²) in [7, 11) is -3.45. The SMILES string of the molecule is O=C(CCSc1ccccc1Cl)N1CCC(NS(=O)(=O)c2cccs2)CC1. The number of piperidine rings is 1. The first-order chi connectivity index (χ1) is 13.0. The Labute approximate surface area is 173 Å². The Morgan fingerprint density at radius 2 is 1.96 bits per heavy atom. The van der Waals surface area contributed by atoms with Crippen LogP contribution in [0.4, 0.5) is 0 Å². The van der Waals surface area contributed by atoms with Crippen LogP contribution in [0.1, 0.15) is 19.3 Å². The number of hydrogen-bond donors (Lipinski definition) is 1. The molecule has 27 heavy (non-hydrogen) atoms. The Kier molecular flexibility index (Phi) is 7.22. The second-order valence-electron chi connectivity index (χ2n) is 6.24. The first-order valence-corrected chi connectivity index (χ1v) is 12.4. The van der Waals surface area contributed by atoms with Gasteiger partial charge < -0.3 is 4.90 Å². The van der Waals surface area contributed by atoms with Crippen LogP contribution in [0.25, 0.3) is 0 Å². The van der Waals surface area contributed by atoms with Crippen LogP contribution >= 0.6 is 34.7 Å². The fourth-order valence-electron chi connectivity index (χ4n) is 2.91. The molecule has 1 aromatic heterocycles. The maximum atomic E-state index is 12.4. The van der Waals surface area contributed by atoms with Crippen molar-refractivity contribution in [3.63, 3.8) is 0 Å². The van der Waals surface area contributed by atoms with E-state index in [2.05, 4.69) is 4.72 Å². The molecule has 9 heteroatoms. The molecule has 0 aliphatic carbocycles. The summed E-state index contributed by atoms with van der Waals surface area (Å²) in [4.78, 5) is 15.2. The van der Waals surface area contributed by atoms with Gasteiger partial charge in [0.15, 0.2) is 0 Å². The predicted molar refractivity (Wildman–Crippen MR) is 111 cm³/mol. The molecule has 1 aliphatic rings. The van der Waals surface area contributed by atoms with Gasteiger partial charge in [0.1, 0.15) is 4.21 Å². The monoisotopic (exact) mass is 444 g/mol. The van der Waals surface area contributed by atoms with E-state index >= 15 is 0 Å². The molecule has 0 atom stereocenters. The molecule has 1 aromatic carbocycles. The molecule has 1 saturated heterocycles. The first-order valence-electron chi connectivity index (χ1n) is 8.66. The lowest BCUT2D eigenvalue weighted by Crippen LogP contribution is -2.46. The Hall–Kier alpha value is -1.06. The minimum atomic E-state index is -3.45. The molecule has 0 unspecified atom stereocenters. The zero-order valence-electron chi connectivity index (χ0n) is 14.6. The van der Waals surface area contributed by atoms with Gasteiger partial charge >= 0.3 is 0 Å². The minimum absolute atomic E-state index is 0.106. The van der Waals surface area contributed by atoms with E-state index in [1.54, 1.807) is 29.3 Å². The number of benzene rings is 1. The van der Waals surface area contributed by atoms with Crippen molar-refractivity contribution in [2.24, 2.45) is 0 Å². The standard InChI is InChI=1S/C18H21ClN2O3S3/c19-15-4-1-2-5-16(15)25-13-9-17(22)21-10-7-14(8-11-21)20-27(23,24)18-6-3-12-26-18/h1-6,12,14,20H,7-11,13H2. The van der Waals surface area contributed by atoms with Crippen LogP contribution in [0.5, 0.6) is 0 Å². The van der Waals surface area contributed by atoms with Crippen molar-refractivity contribution in [1.29, 1.82) is 0 Å². The maximum Gasteiger partial charge on any atom is 0.250 e. The molecular weight excluding hydrogens is 424 g/mol. The van der Waals surface area contributed by atoms with Crippen LogP contribution in [0.2, 0.25) is 5.02 Å². The number of amides is 1. The molecule has 0 spiro atoms. The zero-order valence-corrected chi connectivity index (χ0v) is 17.8. The van der Waals surface area contributed by atoms with E-state index in [4.69, 9.17) is 11.6 Å². The van der Waals surface area contributed by atoms with Gasteiger partial charge in [-0.3, -0.25) is 4.79 Å². The summed E-state index contributed by atoms with van der Waals surface area (Å²) in [5.74, 6) is 0.780. The second-order valence-corrected chi connectivity index (χ2v) is 10.7. The Morgan fingerprint density at radius 1 is 1.22 bits per heavy atom. The molecule has 5 nitrogen and oxygen atoms in total. The van der Waals surface area contributed by atoms with Crippen molar-refractivity contribution >= 4 is 50.6 Å². The fourth-order valence-corrected chi connectivity index (χ4v) is 6.40. The van der Waals surface area contributed by atoms with Gasteiger partial charge in [0, 0.05) is 36.2 Å². The van der Waals surface area contributed by atoms with Crippen molar-refractivity contribution in [3.8, 4) is 0 Å². The van der Waals surface area contributed by atoms with Crippen LogP contribution in [-0.2, 0) is 14.8 Å². The predicted octanol–water partition coefficient (Wildman–Crippen LogP) is 3.85. The fraction of sp³-hybridized carbons (Fsp3) is 0.389. The number of rotatable bonds is 7. The number of carbonyl (C=O) groups excluding carboxylic acids is 1. The molecule has 2 aromatic rings. The van der Waals surface area contributed by atoms with Gasteiger partial charge in [-0.15, -0.1) is 23.1 Å². The minimum Gasteiger partial charge on any atom is -0.343 e. The third-order valence-corrected chi connectivity index (χ3v) is 8.77. The molecule has 1 fully saturated rings. The first kappa shape index (κ1) is 20.7. The molecule has 1 amide bonds. The highest BCUT2D eigenvalue weighted by Crippen LogP contribution is 2.27. The van der Waals surface area contributed by atoms with Gasteiger partial charge in [-0.05, 0) is 36.4 Å². The van der Waals surface area contributed by atoms with Crippen LogP contribution in [0.3, 0.4) is 0 Å². The number of thioether (sulfide) groups is 1. The van der Waals surface area contributed by atoms with E-state index < -0.39 is 10.0 Å². The Balaban J connectivity index is 1.42. The van der Waals surface area contributed by atoms with Gasteiger partial charge in [-0.25, -0.2) is 13.1 Å². The zero-order chi connectivity index (χ0) is 19.3. The number of likely N-dealkylation sites (tertiary alicyclic amines) is 1. The summed E-state index contributed by atoms with van der Waals surface area (Å²) >= 11 is 8.90. The van der Waals surface area contributed by atoms with Crippen LogP contribution in [0.15, 0.2) is 50.9 Å². The van der Waals surface area contributed by atoms with E-state index in [-0.39, 0.29) is 11.9 Å². The molecule has 0 bridgehead atoms. The highest BCUT2D eigenvalue weighted by molar-refractivity contribution is 7.99. The number of thiophene rings is 1. The van der Waals surface area contributed by atoms with Gasteiger partial charge in [0.25, 0.3) is 0 Å². The lowest BCUT2D eigenvalue weighted by molar-refractivity contribution is -0.131. The normalized spacial score (nSPS) is 15.8. The van der Waals surface area contributed by atoms with E-state index in [0.717, 1.165) is 4.90 Å². The van der Waals surface area contributed by atoms with Crippen molar-refractivity contribution in [2.75, 3.05) is 18.8 Å². The van der Waals surface area contributed by atoms with E-state index in [1.807, 2.05) is 29.2 Å². The molecule has 3 rings (SSSR count). The Morgan fingerprint density at radius 3 is 2.63 bits per heavy atom. The third-order valence-electron chi connectivity index (χ3n) is 4.34. The topological polar surface area (TPSA) is 66.5 Å². The number of carbonyl (C=O) groups is 1. The summed E-state index contributed by atoms with van der Waals surface area (Å²) in [6.07, 6.45) is 1.71. The average Bonchev–Trinajstić information content (AvgIpc) is 3.19. The molecule has 1 N–H and O–H groups in total. The van der Waals surface area contributed by atoms with Crippen molar-refractivity contribution < 1.29 is 13.2 Å². The van der Waals surface area contributed by atoms with Crippen LogP contribution < -0.4 is 4.72 Å². The Bertz CT molecular complexity index is 864. The molecule has 0 radical (unpaired) electrons. The molecule has 146 valence electrons. The highest BCUT2D eigenvalue weighted by Gasteiger charge is 2.26. The summed E-state index contributed by atoms with van der Waals surface area (Å²) < 4.78 is 27.7. The molecule has 2 heterocycles. The van der Waals surface area contributed by atoms with Gasteiger partial charge in [-0.1, -0.05) is 29.8 Å². The summed E-state index contributed by atoms with van der Waals surface area (Å²) in [5.41, 5.74) is 0. The van der Waals surface area contributed by atoms with Gasteiger partial charge in [0.2, 0.25) is 15.9 Å².